The highest BCUT2D eigenvalue weighted by Gasteiger charge is 2.15. The molecule has 0 aliphatic rings. The van der Waals surface area contributed by atoms with Crippen molar-refractivity contribution < 1.29 is 19.2 Å². The first-order valence-electron chi connectivity index (χ1n) is 5.71. The smallest absolute Gasteiger partial charge is 0.328 e. The van der Waals surface area contributed by atoms with Gasteiger partial charge in [-0.15, -0.1) is 11.3 Å². The van der Waals surface area contributed by atoms with Crippen LogP contribution >= 0.6 is 11.3 Å². The Kier molecular flexibility index (Phi) is 4.31. The molecule has 0 fully saturated rings. The molecule has 20 heavy (non-hydrogen) atoms. The molecular weight excluding hydrogens is 280 g/mol. The molecule has 2 aromatic rings. The molecule has 0 spiro atoms. The molecule has 2 rings (SSSR count). The second kappa shape index (κ2) is 6.16. The molecule has 104 valence electrons. The van der Waals surface area contributed by atoms with E-state index in [1.54, 1.807) is 7.05 Å². The summed E-state index contributed by atoms with van der Waals surface area (Å²) in [6, 6.07) is 3.35. The molecule has 2 aromatic heterocycles. The highest BCUT2D eigenvalue weighted by molar-refractivity contribution is 7.11. The van der Waals surface area contributed by atoms with Gasteiger partial charge in [-0.05, 0) is 23.1 Å². The Morgan fingerprint density at radius 2 is 2.35 bits per heavy atom. The molecule has 1 N–H and O–H groups in total. The number of thiophene rings is 1. The highest BCUT2D eigenvalue weighted by atomic mass is 32.1. The molecule has 0 aliphatic carbocycles. The fraction of sp³-hybridized carbons (Fsp3) is 0.154. The van der Waals surface area contributed by atoms with Crippen LogP contribution in [-0.4, -0.2) is 34.1 Å². The third kappa shape index (κ3) is 3.55. The Morgan fingerprint density at radius 1 is 1.55 bits per heavy atom. The zero-order valence-corrected chi connectivity index (χ0v) is 11.5. The number of aromatic nitrogens is 1. The van der Waals surface area contributed by atoms with E-state index in [1.165, 1.54) is 34.6 Å². The molecule has 7 heteroatoms. The maximum Gasteiger partial charge on any atom is 0.328 e. The number of carboxylic acids is 1. The lowest BCUT2D eigenvalue weighted by Gasteiger charge is -2.13. The minimum Gasteiger partial charge on any atom is -0.478 e. The van der Waals surface area contributed by atoms with Crippen LogP contribution in [0.2, 0.25) is 0 Å². The zero-order chi connectivity index (χ0) is 14.5. The molecular formula is C13H12N2O4S. The fourth-order valence-corrected chi connectivity index (χ4v) is 2.37. The molecule has 6 nitrogen and oxygen atoms in total. The first-order chi connectivity index (χ1) is 9.56. The topological polar surface area (TPSA) is 83.6 Å². The van der Waals surface area contributed by atoms with Gasteiger partial charge in [0.25, 0.3) is 5.91 Å². The third-order valence-corrected chi connectivity index (χ3v) is 3.43. The molecule has 0 aromatic carbocycles. The Balaban J connectivity index is 2.00. The third-order valence-electron chi connectivity index (χ3n) is 2.48. The van der Waals surface area contributed by atoms with Crippen LogP contribution in [0.1, 0.15) is 21.0 Å². The van der Waals surface area contributed by atoms with Crippen molar-refractivity contribution in [3.8, 4) is 0 Å². The number of aliphatic carboxylic acids is 1. The average molecular weight is 292 g/mol. The van der Waals surface area contributed by atoms with Gasteiger partial charge in [-0.1, -0.05) is 5.16 Å². The van der Waals surface area contributed by atoms with Crippen molar-refractivity contribution >= 4 is 29.3 Å². The summed E-state index contributed by atoms with van der Waals surface area (Å²) in [5.74, 6) is -1.05. The van der Waals surface area contributed by atoms with Crippen LogP contribution in [0.25, 0.3) is 6.08 Å². The minimum absolute atomic E-state index is 0.189. The molecule has 2 heterocycles. The van der Waals surface area contributed by atoms with E-state index in [0.717, 1.165) is 16.5 Å². The van der Waals surface area contributed by atoms with Crippen LogP contribution in [0, 0.1) is 0 Å². The van der Waals surface area contributed by atoms with E-state index in [2.05, 4.69) is 5.16 Å². The average Bonchev–Trinajstić information content (AvgIpc) is 3.06. The van der Waals surface area contributed by atoms with E-state index in [1.807, 2.05) is 11.4 Å². The van der Waals surface area contributed by atoms with E-state index in [-0.39, 0.29) is 11.7 Å². The van der Waals surface area contributed by atoms with Gasteiger partial charge < -0.3 is 14.5 Å². The number of amides is 1. The summed E-state index contributed by atoms with van der Waals surface area (Å²) < 4.78 is 4.81. The Morgan fingerprint density at radius 3 is 3.00 bits per heavy atom. The van der Waals surface area contributed by atoms with Gasteiger partial charge in [0.2, 0.25) is 5.76 Å². The molecule has 0 saturated heterocycles. The normalized spacial score (nSPS) is 10.8. The maximum absolute atomic E-state index is 11.9. The van der Waals surface area contributed by atoms with Crippen molar-refractivity contribution in [1.82, 2.24) is 10.1 Å². The largest absolute Gasteiger partial charge is 0.478 e. The van der Waals surface area contributed by atoms with E-state index < -0.39 is 5.97 Å². The van der Waals surface area contributed by atoms with Gasteiger partial charge in [-0.3, -0.25) is 4.79 Å². The Hall–Kier alpha value is -2.41. The number of rotatable bonds is 5. The van der Waals surface area contributed by atoms with Crippen molar-refractivity contribution in [3.05, 3.63) is 46.0 Å². The van der Waals surface area contributed by atoms with Crippen LogP contribution in [0.5, 0.6) is 0 Å². The molecule has 0 saturated carbocycles. The number of hydrogen-bond acceptors (Lipinski definition) is 5. The van der Waals surface area contributed by atoms with E-state index in [4.69, 9.17) is 9.63 Å². The van der Waals surface area contributed by atoms with Crippen molar-refractivity contribution in [3.63, 3.8) is 0 Å². The first-order valence-corrected chi connectivity index (χ1v) is 6.59. The number of hydrogen-bond donors (Lipinski definition) is 1. The summed E-state index contributed by atoms with van der Waals surface area (Å²) in [5.41, 5.74) is 0.926. The van der Waals surface area contributed by atoms with Gasteiger partial charge in [0.1, 0.15) is 0 Å². The molecule has 1 amide bonds. The lowest BCUT2D eigenvalue weighted by molar-refractivity contribution is -0.131. The summed E-state index contributed by atoms with van der Waals surface area (Å²) in [4.78, 5) is 24.7. The van der Waals surface area contributed by atoms with Gasteiger partial charge in [0, 0.05) is 30.6 Å². The van der Waals surface area contributed by atoms with Crippen LogP contribution < -0.4 is 0 Å². The number of carbonyl (C=O) groups excluding carboxylic acids is 1. The van der Waals surface area contributed by atoms with Gasteiger partial charge in [-0.2, -0.15) is 0 Å². The second-order valence-corrected chi connectivity index (χ2v) is 5.01. The minimum atomic E-state index is -0.988. The lowest BCUT2D eigenvalue weighted by Crippen LogP contribution is -2.25. The summed E-state index contributed by atoms with van der Waals surface area (Å²) in [6.45, 7) is 0.414. The van der Waals surface area contributed by atoms with Crippen LogP contribution in [-0.2, 0) is 11.3 Å². The Labute approximate surface area is 118 Å². The summed E-state index contributed by atoms with van der Waals surface area (Å²) in [6.07, 6.45) is 4.02. The van der Waals surface area contributed by atoms with Gasteiger partial charge in [-0.25, -0.2) is 4.79 Å². The Bertz CT molecular complexity index is 631. The second-order valence-electron chi connectivity index (χ2n) is 4.07. The van der Waals surface area contributed by atoms with Crippen LogP contribution in [0.4, 0.5) is 0 Å². The van der Waals surface area contributed by atoms with Crippen molar-refractivity contribution in [1.29, 1.82) is 0 Å². The van der Waals surface area contributed by atoms with Crippen LogP contribution in [0.3, 0.4) is 0 Å². The molecule has 0 unspecified atom stereocenters. The number of carbonyl (C=O) groups is 2. The maximum atomic E-state index is 11.9. The molecule has 0 radical (unpaired) electrons. The number of carboxylic acid groups (broad SMARTS) is 1. The van der Waals surface area contributed by atoms with E-state index in [0.29, 0.717) is 6.54 Å². The first kappa shape index (κ1) is 14.0. The number of nitrogens with zero attached hydrogens (tertiary/aromatic N) is 2. The van der Waals surface area contributed by atoms with Gasteiger partial charge in [0.05, 0.1) is 6.20 Å². The van der Waals surface area contributed by atoms with Crippen molar-refractivity contribution in [2.75, 3.05) is 7.05 Å². The summed E-state index contributed by atoms with van der Waals surface area (Å²) in [5, 5.41) is 13.9. The summed E-state index contributed by atoms with van der Waals surface area (Å²) >= 11 is 1.42. The standard InChI is InChI=1S/C13H12N2O4S/c1-15(13(18)11-4-5-14-19-11)7-9-6-10(20-8-9)2-3-12(16)17/h2-6,8H,7H2,1H3,(H,16,17). The highest BCUT2D eigenvalue weighted by Crippen LogP contribution is 2.18. The SMILES string of the molecule is CN(Cc1csc(C=CC(=O)O)c1)C(=O)c1ccno1. The monoisotopic (exact) mass is 292 g/mol. The molecule has 0 aliphatic heterocycles. The molecule has 0 bridgehead atoms. The van der Waals surface area contributed by atoms with Crippen molar-refractivity contribution in [2.24, 2.45) is 0 Å². The van der Waals surface area contributed by atoms with E-state index in [9.17, 15) is 9.59 Å². The van der Waals surface area contributed by atoms with Crippen LogP contribution in [0.15, 0.2) is 34.3 Å². The van der Waals surface area contributed by atoms with E-state index >= 15 is 0 Å². The van der Waals surface area contributed by atoms with Crippen molar-refractivity contribution in [2.45, 2.75) is 6.54 Å². The fourth-order valence-electron chi connectivity index (χ4n) is 1.58. The predicted molar refractivity (Wildman–Crippen MR) is 73.3 cm³/mol. The van der Waals surface area contributed by atoms with Gasteiger partial charge >= 0.3 is 5.97 Å². The quantitative estimate of drug-likeness (QED) is 0.853. The molecule has 0 atom stereocenters. The predicted octanol–water partition coefficient (Wildman–Crippen LogP) is 2.11. The summed E-state index contributed by atoms with van der Waals surface area (Å²) in [7, 11) is 1.66. The zero-order valence-electron chi connectivity index (χ0n) is 10.6. The van der Waals surface area contributed by atoms with Gasteiger partial charge in [0.15, 0.2) is 0 Å². The lowest BCUT2D eigenvalue weighted by atomic mass is 10.2.